The molecule has 8 heteroatoms. The number of rotatable bonds is 4. The van der Waals surface area contributed by atoms with E-state index in [-0.39, 0.29) is 53.4 Å². The van der Waals surface area contributed by atoms with E-state index in [2.05, 4.69) is 5.32 Å². The van der Waals surface area contributed by atoms with Crippen molar-refractivity contribution in [3.63, 3.8) is 0 Å². The maximum absolute atomic E-state index is 12.5. The number of hydrogen-bond acceptors (Lipinski definition) is 5. The molecule has 0 spiro atoms. The molecule has 128 valence electrons. The van der Waals surface area contributed by atoms with Gasteiger partial charge in [0.15, 0.2) is 0 Å². The maximum atomic E-state index is 12.5. The van der Waals surface area contributed by atoms with Gasteiger partial charge in [0.25, 0.3) is 5.69 Å². The summed E-state index contributed by atoms with van der Waals surface area (Å²) in [5.74, 6) is -1.63. The quantitative estimate of drug-likeness (QED) is 0.385. The molecule has 2 bridgehead atoms. The smallest absolute Gasteiger partial charge is 0.271 e. The fourth-order valence-electron chi connectivity index (χ4n) is 4.16. The molecule has 3 aliphatic rings. The van der Waals surface area contributed by atoms with Gasteiger partial charge in [-0.3, -0.25) is 29.4 Å². The molecule has 3 amide bonds. The van der Waals surface area contributed by atoms with Crippen molar-refractivity contribution in [3.05, 3.63) is 46.5 Å². The van der Waals surface area contributed by atoms with E-state index >= 15 is 0 Å². The Balaban J connectivity index is 1.45. The van der Waals surface area contributed by atoms with Crippen molar-refractivity contribution < 1.29 is 19.3 Å². The van der Waals surface area contributed by atoms with Crippen LogP contribution in [0, 0.1) is 33.8 Å². The summed E-state index contributed by atoms with van der Waals surface area (Å²) >= 11 is 0. The van der Waals surface area contributed by atoms with E-state index in [1.807, 2.05) is 12.2 Å². The van der Waals surface area contributed by atoms with Crippen LogP contribution in [-0.2, 0) is 14.4 Å². The lowest BCUT2D eigenvalue weighted by Gasteiger charge is -2.16. The van der Waals surface area contributed by atoms with Crippen molar-refractivity contribution in [2.75, 3.05) is 11.9 Å². The number of hydrogen-bond donors (Lipinski definition) is 1. The van der Waals surface area contributed by atoms with Crippen molar-refractivity contribution in [2.24, 2.45) is 23.7 Å². The van der Waals surface area contributed by atoms with Crippen LogP contribution in [0.2, 0.25) is 0 Å². The average Bonchev–Trinajstić information content (AvgIpc) is 3.25. The molecule has 1 heterocycles. The second-order valence-electron chi connectivity index (χ2n) is 6.62. The first-order valence-electron chi connectivity index (χ1n) is 8.03. The number of non-ortho nitro benzene ring substituents is 1. The summed E-state index contributed by atoms with van der Waals surface area (Å²) in [5.41, 5.74) is 0.100. The average molecular weight is 341 g/mol. The Morgan fingerprint density at radius 2 is 1.84 bits per heavy atom. The van der Waals surface area contributed by atoms with Crippen LogP contribution in [0.1, 0.15) is 6.42 Å². The normalized spacial score (nSPS) is 29.2. The van der Waals surface area contributed by atoms with Crippen LogP contribution in [0.5, 0.6) is 0 Å². The van der Waals surface area contributed by atoms with Crippen LogP contribution in [0.25, 0.3) is 0 Å². The van der Waals surface area contributed by atoms with Gasteiger partial charge in [-0.15, -0.1) is 0 Å². The predicted molar refractivity (Wildman–Crippen MR) is 86.2 cm³/mol. The third kappa shape index (κ3) is 2.41. The number of amides is 3. The minimum atomic E-state index is -0.562. The second-order valence-corrected chi connectivity index (χ2v) is 6.62. The van der Waals surface area contributed by atoms with Gasteiger partial charge in [-0.25, -0.2) is 0 Å². The van der Waals surface area contributed by atoms with Gasteiger partial charge in [0.1, 0.15) is 6.54 Å². The maximum Gasteiger partial charge on any atom is 0.271 e. The fraction of sp³-hybridized carbons (Fsp3) is 0.353. The van der Waals surface area contributed by atoms with Crippen molar-refractivity contribution in [1.82, 2.24) is 4.90 Å². The Bertz CT molecular complexity index is 803. The van der Waals surface area contributed by atoms with Crippen molar-refractivity contribution in [1.29, 1.82) is 0 Å². The highest BCUT2D eigenvalue weighted by atomic mass is 16.6. The number of imide groups is 1. The molecule has 1 saturated carbocycles. The molecule has 2 aliphatic carbocycles. The van der Waals surface area contributed by atoms with Crippen LogP contribution >= 0.6 is 0 Å². The van der Waals surface area contributed by atoms with Crippen LogP contribution < -0.4 is 5.32 Å². The number of carbonyl (C=O) groups excluding carboxylic acids is 3. The summed E-state index contributed by atoms with van der Waals surface area (Å²) in [5, 5.41) is 13.3. The lowest BCUT2D eigenvalue weighted by Crippen LogP contribution is -2.39. The molecule has 8 nitrogen and oxygen atoms in total. The summed E-state index contributed by atoms with van der Waals surface area (Å²) in [6.45, 7) is -0.368. The Kier molecular flexibility index (Phi) is 3.41. The van der Waals surface area contributed by atoms with Crippen LogP contribution in [-0.4, -0.2) is 34.1 Å². The number of nitro benzene ring substituents is 1. The number of allylic oxidation sites excluding steroid dienone is 2. The molecular weight excluding hydrogens is 326 g/mol. The third-order valence-corrected chi connectivity index (χ3v) is 5.20. The van der Waals surface area contributed by atoms with Crippen LogP contribution in [0.3, 0.4) is 0 Å². The van der Waals surface area contributed by atoms with Gasteiger partial charge in [-0.2, -0.15) is 0 Å². The molecule has 0 aromatic heterocycles. The Labute approximate surface area is 142 Å². The number of anilines is 1. The Morgan fingerprint density at radius 1 is 1.20 bits per heavy atom. The van der Waals surface area contributed by atoms with Gasteiger partial charge in [0, 0.05) is 17.8 Å². The van der Waals surface area contributed by atoms with Crippen molar-refractivity contribution >= 4 is 29.1 Å². The van der Waals surface area contributed by atoms with Crippen molar-refractivity contribution in [3.8, 4) is 0 Å². The van der Waals surface area contributed by atoms with E-state index in [9.17, 15) is 24.5 Å². The highest BCUT2D eigenvalue weighted by Crippen LogP contribution is 2.52. The second kappa shape index (κ2) is 5.51. The summed E-state index contributed by atoms with van der Waals surface area (Å²) in [4.78, 5) is 48.5. The molecule has 0 unspecified atom stereocenters. The highest BCUT2D eigenvalue weighted by Gasteiger charge is 2.59. The summed E-state index contributed by atoms with van der Waals surface area (Å²) < 4.78 is 0. The molecule has 25 heavy (non-hydrogen) atoms. The zero-order chi connectivity index (χ0) is 17.7. The van der Waals surface area contributed by atoms with E-state index in [1.54, 1.807) is 0 Å². The van der Waals surface area contributed by atoms with Gasteiger partial charge in [0.05, 0.1) is 16.8 Å². The lowest BCUT2D eigenvalue weighted by atomic mass is 9.85. The molecule has 1 aromatic rings. The number of nitrogens with zero attached hydrogens (tertiary/aromatic N) is 2. The van der Waals surface area contributed by atoms with Gasteiger partial charge >= 0.3 is 0 Å². The molecule has 4 atom stereocenters. The standard InChI is InChI=1S/C17H15N3O5/c21-13(18-11-2-1-3-12(7-11)20(24)25)8-19-16(22)14-9-4-5-10(6-9)15(14)17(19)23/h1-5,7,9-10,14-15H,6,8H2,(H,18,21)/t9-,10-,14+,15+/m0/s1. The van der Waals surface area contributed by atoms with Crippen LogP contribution in [0.4, 0.5) is 11.4 Å². The molecule has 0 radical (unpaired) electrons. The molecular formula is C17H15N3O5. The minimum Gasteiger partial charge on any atom is -0.324 e. The molecule has 1 N–H and O–H groups in total. The minimum absolute atomic E-state index is 0.0938. The number of carbonyl (C=O) groups is 3. The summed E-state index contributed by atoms with van der Waals surface area (Å²) in [7, 11) is 0. The predicted octanol–water partition coefficient (Wildman–Crippen LogP) is 1.34. The first-order chi connectivity index (χ1) is 12.0. The zero-order valence-electron chi connectivity index (χ0n) is 13.1. The fourth-order valence-corrected chi connectivity index (χ4v) is 4.16. The van der Waals surface area contributed by atoms with Gasteiger partial charge < -0.3 is 5.32 Å². The number of benzene rings is 1. The van der Waals surface area contributed by atoms with E-state index in [4.69, 9.17) is 0 Å². The molecule has 2 fully saturated rings. The first-order valence-corrected chi connectivity index (χ1v) is 8.03. The highest BCUT2D eigenvalue weighted by molar-refractivity contribution is 6.09. The number of likely N-dealkylation sites (tertiary alicyclic amines) is 1. The van der Waals surface area contributed by atoms with Crippen molar-refractivity contribution in [2.45, 2.75) is 6.42 Å². The molecule has 4 rings (SSSR count). The Morgan fingerprint density at radius 3 is 2.44 bits per heavy atom. The summed E-state index contributed by atoms with van der Waals surface area (Å²) in [6, 6.07) is 5.50. The van der Waals surface area contributed by atoms with Gasteiger partial charge in [-0.1, -0.05) is 18.2 Å². The van der Waals surface area contributed by atoms with Gasteiger partial charge in [0.2, 0.25) is 17.7 Å². The summed E-state index contributed by atoms with van der Waals surface area (Å²) in [6.07, 6.45) is 4.81. The SMILES string of the molecule is O=C(CN1C(=O)[C@H]2[C@H](C1=O)[C@H]1C=C[C@H]2C1)Nc1cccc([N+](=O)[O-])c1. The number of fused-ring (bicyclic) bond motifs is 5. The van der Waals surface area contributed by atoms with E-state index < -0.39 is 10.8 Å². The first kappa shape index (κ1) is 15.5. The molecule has 1 aromatic carbocycles. The topological polar surface area (TPSA) is 110 Å². The van der Waals surface area contributed by atoms with E-state index in [0.717, 1.165) is 11.3 Å². The van der Waals surface area contributed by atoms with Gasteiger partial charge in [-0.05, 0) is 24.3 Å². The third-order valence-electron chi connectivity index (χ3n) is 5.20. The number of nitro groups is 1. The molecule has 1 saturated heterocycles. The monoisotopic (exact) mass is 341 g/mol. The largest absolute Gasteiger partial charge is 0.324 e. The molecule has 1 aliphatic heterocycles. The zero-order valence-corrected chi connectivity index (χ0v) is 13.1. The van der Waals surface area contributed by atoms with E-state index in [0.29, 0.717) is 0 Å². The number of nitrogens with one attached hydrogen (secondary N) is 1. The Hall–Kier alpha value is -3.03. The van der Waals surface area contributed by atoms with Crippen LogP contribution in [0.15, 0.2) is 36.4 Å². The van der Waals surface area contributed by atoms with E-state index in [1.165, 1.54) is 24.3 Å². The lowest BCUT2D eigenvalue weighted by molar-refractivity contribution is -0.384.